The van der Waals surface area contributed by atoms with E-state index in [-0.39, 0.29) is 18.4 Å². The van der Waals surface area contributed by atoms with Crippen molar-refractivity contribution in [3.8, 4) is 5.88 Å². The fourth-order valence-electron chi connectivity index (χ4n) is 2.25. The second-order valence-corrected chi connectivity index (χ2v) is 5.66. The van der Waals surface area contributed by atoms with Gasteiger partial charge in [-0.05, 0) is 18.9 Å². The highest BCUT2D eigenvalue weighted by molar-refractivity contribution is 6.29. The van der Waals surface area contributed by atoms with E-state index in [2.05, 4.69) is 4.98 Å². The number of halogens is 1. The summed E-state index contributed by atoms with van der Waals surface area (Å²) in [6.45, 7) is 0.898. The number of carbonyl (C=O) groups is 2. The molecule has 1 atom stereocenters. The van der Waals surface area contributed by atoms with Crippen LogP contribution < -0.4 is 4.74 Å². The molecule has 0 radical (unpaired) electrons. The summed E-state index contributed by atoms with van der Waals surface area (Å²) in [5.41, 5.74) is 0. The summed E-state index contributed by atoms with van der Waals surface area (Å²) >= 11 is 5.79. The van der Waals surface area contributed by atoms with Crippen molar-refractivity contribution in [3.05, 3.63) is 35.5 Å². The van der Waals surface area contributed by atoms with E-state index in [4.69, 9.17) is 21.4 Å². The van der Waals surface area contributed by atoms with Gasteiger partial charge in [-0.15, -0.1) is 0 Å². The summed E-state index contributed by atoms with van der Waals surface area (Å²) < 4.78 is 5.56. The largest absolute Gasteiger partial charge is 0.481 e. The van der Waals surface area contributed by atoms with Crippen molar-refractivity contribution in [3.63, 3.8) is 0 Å². The summed E-state index contributed by atoms with van der Waals surface area (Å²) in [7, 11) is 0. The first kappa shape index (κ1) is 17.3. The zero-order valence-electron chi connectivity index (χ0n) is 12.7. The Morgan fingerprint density at radius 2 is 2.30 bits per heavy atom. The lowest BCUT2D eigenvalue weighted by molar-refractivity contribution is -0.146. The monoisotopic (exact) mass is 338 g/mol. The van der Waals surface area contributed by atoms with Gasteiger partial charge in [0.2, 0.25) is 11.8 Å². The van der Waals surface area contributed by atoms with Crippen molar-refractivity contribution in [2.75, 3.05) is 13.2 Å². The molecule has 23 heavy (non-hydrogen) atoms. The molecule has 1 N–H and O–H groups in total. The maximum Gasteiger partial charge on any atom is 0.303 e. The van der Waals surface area contributed by atoms with Crippen molar-refractivity contribution >= 4 is 23.5 Å². The lowest BCUT2D eigenvalue weighted by atomic mass is 10.0. The molecule has 0 aromatic carbocycles. The summed E-state index contributed by atoms with van der Waals surface area (Å²) in [6.07, 6.45) is 5.73. The van der Waals surface area contributed by atoms with E-state index in [1.54, 1.807) is 23.1 Å². The molecule has 1 aromatic rings. The second-order valence-electron chi connectivity index (χ2n) is 5.27. The predicted octanol–water partition coefficient (Wildman–Crippen LogP) is 2.53. The van der Waals surface area contributed by atoms with Crippen LogP contribution in [0.3, 0.4) is 0 Å². The molecule has 2 heterocycles. The van der Waals surface area contributed by atoms with Gasteiger partial charge in [-0.2, -0.15) is 0 Å². The number of carbonyl (C=O) groups excluding carboxylic acids is 1. The highest BCUT2D eigenvalue weighted by Gasteiger charge is 2.35. The molecule has 1 fully saturated rings. The molecule has 2 rings (SSSR count). The fourth-order valence-corrected chi connectivity index (χ4v) is 2.40. The zero-order valence-corrected chi connectivity index (χ0v) is 13.4. The van der Waals surface area contributed by atoms with Gasteiger partial charge in [-0.25, -0.2) is 4.98 Å². The number of amides is 1. The van der Waals surface area contributed by atoms with Crippen LogP contribution in [-0.2, 0) is 9.59 Å². The standard InChI is InChI=1S/C16H19ClN2O4/c17-13-6-5-7-14(18-13)23-11-12-10-15(20)19(12)9-4-2-1-3-8-16(21)22/h2,4-7,12H,1,3,8-11H2,(H,21,22)/t12-/m1/s1. The molecule has 0 aliphatic carbocycles. The van der Waals surface area contributed by atoms with Gasteiger partial charge in [-0.1, -0.05) is 29.8 Å². The molecule has 1 aliphatic rings. The molecule has 7 heteroatoms. The normalized spacial score (nSPS) is 17.3. The van der Waals surface area contributed by atoms with Gasteiger partial charge < -0.3 is 14.7 Å². The molecule has 6 nitrogen and oxygen atoms in total. The number of carboxylic acids is 1. The van der Waals surface area contributed by atoms with E-state index in [1.807, 2.05) is 12.2 Å². The maximum atomic E-state index is 11.6. The van der Waals surface area contributed by atoms with Crippen LogP contribution in [0.25, 0.3) is 0 Å². The summed E-state index contributed by atoms with van der Waals surface area (Å²) in [5.74, 6) is -0.253. The van der Waals surface area contributed by atoms with Crippen LogP contribution in [-0.4, -0.2) is 46.1 Å². The third-order valence-corrected chi connectivity index (χ3v) is 3.73. The Labute approximate surface area is 139 Å². The average Bonchev–Trinajstić information content (AvgIpc) is 2.50. The number of unbranched alkanes of at least 4 members (excludes halogenated alkanes) is 1. The number of hydrogen-bond acceptors (Lipinski definition) is 4. The molecular weight excluding hydrogens is 320 g/mol. The van der Waals surface area contributed by atoms with E-state index < -0.39 is 5.97 Å². The van der Waals surface area contributed by atoms with Gasteiger partial charge in [0, 0.05) is 19.0 Å². The lowest BCUT2D eigenvalue weighted by Crippen LogP contribution is -2.55. The smallest absolute Gasteiger partial charge is 0.303 e. The van der Waals surface area contributed by atoms with Gasteiger partial charge in [0.1, 0.15) is 11.8 Å². The molecule has 0 unspecified atom stereocenters. The van der Waals surface area contributed by atoms with Crippen LogP contribution in [0.4, 0.5) is 0 Å². The molecule has 0 bridgehead atoms. The number of likely N-dealkylation sites (tertiary alicyclic amines) is 1. The van der Waals surface area contributed by atoms with E-state index in [0.717, 1.165) is 0 Å². The van der Waals surface area contributed by atoms with Crippen LogP contribution in [0.15, 0.2) is 30.4 Å². The number of ether oxygens (including phenoxy) is 1. The number of aliphatic carboxylic acids is 1. The molecule has 124 valence electrons. The van der Waals surface area contributed by atoms with Gasteiger partial charge in [-0.3, -0.25) is 9.59 Å². The van der Waals surface area contributed by atoms with Crippen LogP contribution in [0, 0.1) is 0 Å². The third-order valence-electron chi connectivity index (χ3n) is 3.51. The van der Waals surface area contributed by atoms with E-state index >= 15 is 0 Å². The highest BCUT2D eigenvalue weighted by Crippen LogP contribution is 2.20. The third kappa shape index (κ3) is 5.56. The van der Waals surface area contributed by atoms with Gasteiger partial charge in [0.05, 0.1) is 12.5 Å². The van der Waals surface area contributed by atoms with Gasteiger partial charge in [0.15, 0.2) is 0 Å². The Morgan fingerprint density at radius 3 is 3.00 bits per heavy atom. The van der Waals surface area contributed by atoms with Crippen molar-refractivity contribution in [2.24, 2.45) is 0 Å². The molecule has 0 saturated carbocycles. The molecule has 1 aliphatic heterocycles. The number of hydrogen-bond donors (Lipinski definition) is 1. The van der Waals surface area contributed by atoms with Crippen molar-refractivity contribution < 1.29 is 19.4 Å². The van der Waals surface area contributed by atoms with E-state index in [1.165, 1.54) is 0 Å². The molecule has 1 amide bonds. The Hall–Kier alpha value is -2.08. The molecule has 1 aromatic heterocycles. The lowest BCUT2D eigenvalue weighted by Gasteiger charge is -2.39. The Morgan fingerprint density at radius 1 is 1.48 bits per heavy atom. The van der Waals surface area contributed by atoms with Crippen LogP contribution in [0.5, 0.6) is 5.88 Å². The Kier molecular flexibility index (Phi) is 6.40. The van der Waals surface area contributed by atoms with Crippen molar-refractivity contribution in [2.45, 2.75) is 31.7 Å². The summed E-state index contributed by atoms with van der Waals surface area (Å²) in [4.78, 5) is 27.8. The second kappa shape index (κ2) is 8.53. The Balaban J connectivity index is 1.70. The number of nitrogens with zero attached hydrogens (tertiary/aromatic N) is 2. The number of carboxylic acid groups (broad SMARTS) is 1. The first-order valence-electron chi connectivity index (χ1n) is 7.48. The quantitative estimate of drug-likeness (QED) is 0.324. The van der Waals surface area contributed by atoms with Gasteiger partial charge in [0.25, 0.3) is 0 Å². The van der Waals surface area contributed by atoms with Crippen molar-refractivity contribution in [1.29, 1.82) is 0 Å². The van der Waals surface area contributed by atoms with Crippen LogP contribution in [0.1, 0.15) is 25.7 Å². The van der Waals surface area contributed by atoms with E-state index in [0.29, 0.717) is 43.4 Å². The SMILES string of the molecule is O=C(O)CCCC=CCN1C(=O)C[C@@H]1COc1cccc(Cl)n1. The van der Waals surface area contributed by atoms with Crippen LogP contribution >= 0.6 is 11.6 Å². The minimum atomic E-state index is -0.789. The minimum absolute atomic E-state index is 0.0342. The zero-order chi connectivity index (χ0) is 16.7. The first-order valence-corrected chi connectivity index (χ1v) is 7.85. The summed E-state index contributed by atoms with van der Waals surface area (Å²) in [6, 6.07) is 5.18. The number of aromatic nitrogens is 1. The average molecular weight is 339 g/mol. The van der Waals surface area contributed by atoms with Crippen molar-refractivity contribution in [1.82, 2.24) is 9.88 Å². The maximum absolute atomic E-state index is 11.6. The predicted molar refractivity (Wildman–Crippen MR) is 85.5 cm³/mol. The number of rotatable bonds is 9. The topological polar surface area (TPSA) is 79.7 Å². The first-order chi connectivity index (χ1) is 11.1. The Bertz CT molecular complexity index is 591. The number of allylic oxidation sites excluding steroid dienone is 1. The fraction of sp³-hybridized carbons (Fsp3) is 0.438. The molecular formula is C16H19ClN2O4. The van der Waals surface area contributed by atoms with Crippen LogP contribution in [0.2, 0.25) is 5.15 Å². The molecule has 1 saturated heterocycles. The number of pyridine rings is 1. The van der Waals surface area contributed by atoms with E-state index in [9.17, 15) is 9.59 Å². The highest BCUT2D eigenvalue weighted by atomic mass is 35.5. The number of β-lactam (4-membered cyclic amide) rings is 1. The molecule has 0 spiro atoms. The minimum Gasteiger partial charge on any atom is -0.481 e. The van der Waals surface area contributed by atoms with Gasteiger partial charge >= 0.3 is 5.97 Å². The summed E-state index contributed by atoms with van der Waals surface area (Å²) in [5, 5.41) is 8.91.